The molecule has 0 amide bonds. The van der Waals surface area contributed by atoms with Crippen molar-refractivity contribution in [2.75, 3.05) is 14.2 Å². The van der Waals surface area contributed by atoms with Crippen LogP contribution < -0.4 is 20.7 Å². The molecule has 1 aliphatic heterocycles. The summed E-state index contributed by atoms with van der Waals surface area (Å²) in [4.78, 5) is 12.0. The number of carbonyl (C=O) groups excluding carboxylic acids is 1. The number of methoxy groups -OCH3 is 2. The molecule has 5 rings (SSSR count). The summed E-state index contributed by atoms with van der Waals surface area (Å²) in [6, 6.07) is 42.4. The summed E-state index contributed by atoms with van der Waals surface area (Å²) in [5.74, 6) is 0.0749. The van der Waals surface area contributed by atoms with Crippen molar-refractivity contribution >= 4 is 43.2 Å². The minimum absolute atomic E-state index is 0.0749. The fraction of sp³-hybridized carbons (Fsp3) is 0.404. The molecule has 0 N–H and O–H groups in total. The molecule has 0 aromatic heterocycles. The van der Waals surface area contributed by atoms with E-state index in [1.165, 1.54) is 0 Å². The Morgan fingerprint density at radius 2 is 1.07 bits per heavy atom. The van der Waals surface area contributed by atoms with E-state index < -0.39 is 59.5 Å². The van der Waals surface area contributed by atoms with Gasteiger partial charge < -0.3 is 27.8 Å². The number of carbonyl (C=O) groups is 1. The standard InChI is InChI=1S/C52H68O7Si2/c1-12-41(53)29-19-13-14-28-38-46(58-60(51(4,5)6,42-30-20-15-21-31-42)43-32-22-16-23-33-43)39(2)56-50-49(55-11)48(47(54-10)40(3)57-50)59-61(52(7,8)9,44-34-24-17-25-35-44)45-36-26-18-27-37-45/h13-40,46-50H,12H2,1-11H3/b14-13+,29-19+,38-28+/t39-,40+,46-,47-,48-,49+,50+/m0/s1. The fourth-order valence-corrected chi connectivity index (χ4v) is 18.1. The molecule has 0 spiro atoms. The molecular formula is C52H68O7Si2. The van der Waals surface area contributed by atoms with Gasteiger partial charge in [0.05, 0.1) is 18.3 Å². The lowest BCUT2D eigenvalue weighted by Crippen LogP contribution is -2.72. The van der Waals surface area contributed by atoms with Crippen LogP contribution >= 0.6 is 0 Å². The molecule has 0 aliphatic carbocycles. The molecule has 9 heteroatoms. The topological polar surface area (TPSA) is 72.5 Å². The van der Waals surface area contributed by atoms with Crippen molar-refractivity contribution in [3.8, 4) is 0 Å². The largest absolute Gasteiger partial charge is 0.399 e. The molecule has 1 aliphatic rings. The van der Waals surface area contributed by atoms with E-state index in [0.717, 1.165) is 20.7 Å². The van der Waals surface area contributed by atoms with Gasteiger partial charge in [0.15, 0.2) is 12.1 Å². The molecule has 0 saturated carbocycles. The Morgan fingerprint density at radius 1 is 0.639 bits per heavy atom. The Balaban J connectivity index is 1.60. The summed E-state index contributed by atoms with van der Waals surface area (Å²) >= 11 is 0. The molecule has 326 valence electrons. The molecule has 1 saturated heterocycles. The quantitative estimate of drug-likeness (QED) is 0.0564. The molecule has 4 aromatic rings. The first-order chi connectivity index (χ1) is 29.1. The minimum Gasteiger partial charge on any atom is -0.399 e. The van der Waals surface area contributed by atoms with Crippen molar-refractivity contribution in [3.05, 3.63) is 158 Å². The van der Waals surface area contributed by atoms with Crippen molar-refractivity contribution < 1.29 is 32.6 Å². The molecule has 7 nitrogen and oxygen atoms in total. The van der Waals surface area contributed by atoms with Gasteiger partial charge in [0.2, 0.25) is 0 Å². The summed E-state index contributed by atoms with van der Waals surface area (Å²) in [5, 5.41) is 4.07. The highest BCUT2D eigenvalue weighted by Gasteiger charge is 2.57. The van der Waals surface area contributed by atoms with E-state index in [0.29, 0.717) is 6.42 Å². The van der Waals surface area contributed by atoms with Crippen molar-refractivity contribution in [3.63, 3.8) is 0 Å². The first-order valence-electron chi connectivity index (χ1n) is 21.6. The van der Waals surface area contributed by atoms with Gasteiger partial charge in [0, 0.05) is 20.6 Å². The molecule has 0 bridgehead atoms. The number of ether oxygens (including phenoxy) is 4. The highest BCUT2D eigenvalue weighted by atomic mass is 28.4. The zero-order valence-electron chi connectivity index (χ0n) is 38.1. The molecule has 1 heterocycles. The number of hydrogen-bond donors (Lipinski definition) is 0. The Bertz CT molecular complexity index is 1950. The molecule has 7 atom stereocenters. The first-order valence-corrected chi connectivity index (χ1v) is 25.4. The van der Waals surface area contributed by atoms with Gasteiger partial charge in [0.25, 0.3) is 16.6 Å². The lowest BCUT2D eigenvalue weighted by atomic mass is 9.99. The van der Waals surface area contributed by atoms with Crippen molar-refractivity contribution in [1.82, 2.24) is 0 Å². The molecule has 1 fully saturated rings. The Kier molecular flexibility index (Phi) is 16.8. The van der Waals surface area contributed by atoms with Crippen LogP contribution in [0.2, 0.25) is 10.1 Å². The van der Waals surface area contributed by atoms with Crippen LogP contribution in [0, 0.1) is 0 Å². The maximum Gasteiger partial charge on any atom is 0.262 e. The summed E-state index contributed by atoms with van der Waals surface area (Å²) in [5.41, 5.74) is 0. The zero-order chi connectivity index (χ0) is 44.3. The minimum atomic E-state index is -3.08. The van der Waals surface area contributed by atoms with E-state index in [-0.39, 0.29) is 15.9 Å². The summed E-state index contributed by atoms with van der Waals surface area (Å²) in [7, 11) is -2.73. The number of rotatable bonds is 18. The summed E-state index contributed by atoms with van der Waals surface area (Å²) < 4.78 is 42.1. The highest BCUT2D eigenvalue weighted by Crippen LogP contribution is 2.42. The first kappa shape index (κ1) is 48.0. The van der Waals surface area contributed by atoms with Gasteiger partial charge in [-0.2, -0.15) is 0 Å². The van der Waals surface area contributed by atoms with Gasteiger partial charge in [-0.3, -0.25) is 4.79 Å². The number of hydrogen-bond acceptors (Lipinski definition) is 7. The smallest absolute Gasteiger partial charge is 0.262 e. The van der Waals surface area contributed by atoms with Crippen LogP contribution in [0.25, 0.3) is 0 Å². The number of ketones is 1. The maximum absolute atomic E-state index is 12.0. The van der Waals surface area contributed by atoms with Crippen LogP contribution in [0.5, 0.6) is 0 Å². The predicted molar refractivity (Wildman–Crippen MR) is 254 cm³/mol. The third-order valence-electron chi connectivity index (χ3n) is 11.8. The Morgan fingerprint density at radius 3 is 1.48 bits per heavy atom. The second-order valence-electron chi connectivity index (χ2n) is 17.9. The van der Waals surface area contributed by atoms with Crippen molar-refractivity contribution in [2.24, 2.45) is 0 Å². The van der Waals surface area contributed by atoms with E-state index in [4.69, 9.17) is 27.8 Å². The second kappa shape index (κ2) is 21.4. The number of benzene rings is 4. The summed E-state index contributed by atoms with van der Waals surface area (Å²) in [6.45, 7) is 19.5. The van der Waals surface area contributed by atoms with E-state index in [9.17, 15) is 4.79 Å². The lowest BCUT2D eigenvalue weighted by molar-refractivity contribution is -0.311. The van der Waals surface area contributed by atoms with Gasteiger partial charge in [-0.25, -0.2) is 0 Å². The third kappa shape index (κ3) is 10.8. The van der Waals surface area contributed by atoms with E-state index in [2.05, 4.69) is 145 Å². The van der Waals surface area contributed by atoms with Crippen LogP contribution in [0.3, 0.4) is 0 Å². The van der Waals surface area contributed by atoms with Gasteiger partial charge in [-0.15, -0.1) is 0 Å². The van der Waals surface area contributed by atoms with E-state index in [1.807, 2.05) is 63.3 Å². The third-order valence-corrected chi connectivity index (χ3v) is 21.9. The van der Waals surface area contributed by atoms with Gasteiger partial charge in [0.1, 0.15) is 18.3 Å². The molecule has 0 unspecified atom stereocenters. The van der Waals surface area contributed by atoms with Gasteiger partial charge >= 0.3 is 0 Å². The van der Waals surface area contributed by atoms with Crippen LogP contribution in [-0.2, 0) is 32.6 Å². The van der Waals surface area contributed by atoms with Crippen molar-refractivity contribution in [1.29, 1.82) is 0 Å². The second-order valence-corrected chi connectivity index (χ2v) is 26.4. The van der Waals surface area contributed by atoms with Crippen LogP contribution in [0.4, 0.5) is 0 Å². The average molecular weight is 861 g/mol. The summed E-state index contributed by atoms with van der Waals surface area (Å²) in [6.07, 6.45) is 7.66. The molecule has 0 radical (unpaired) electrons. The monoisotopic (exact) mass is 860 g/mol. The zero-order valence-corrected chi connectivity index (χ0v) is 40.1. The normalized spacial score (nSPS) is 21.6. The van der Waals surface area contributed by atoms with Crippen LogP contribution in [-0.4, -0.2) is 79.6 Å². The molecule has 4 aromatic carbocycles. The van der Waals surface area contributed by atoms with Crippen LogP contribution in [0.1, 0.15) is 68.7 Å². The van der Waals surface area contributed by atoms with Crippen LogP contribution in [0.15, 0.2) is 158 Å². The van der Waals surface area contributed by atoms with E-state index in [1.54, 1.807) is 26.4 Å². The van der Waals surface area contributed by atoms with Gasteiger partial charge in [-0.05, 0) is 50.7 Å². The Labute approximate surface area is 368 Å². The lowest BCUT2D eigenvalue weighted by Gasteiger charge is -2.51. The number of allylic oxidation sites excluding steroid dienone is 5. The van der Waals surface area contributed by atoms with E-state index >= 15 is 0 Å². The average Bonchev–Trinajstić information content (AvgIpc) is 3.25. The molecule has 61 heavy (non-hydrogen) atoms. The van der Waals surface area contributed by atoms with Gasteiger partial charge in [-0.1, -0.05) is 200 Å². The predicted octanol–water partition coefficient (Wildman–Crippen LogP) is 8.70. The Hall–Kier alpha value is -4.04. The fourth-order valence-electron chi connectivity index (χ4n) is 8.74. The maximum atomic E-state index is 12.0. The SMILES string of the molecule is CCC(=O)/C=C/C=C/C=C/[C@H](O[Si](c1ccccc1)(c1ccccc1)C(C)(C)C)[C@H](C)O[C@@H]1O[C@H](C)[C@H](OC)[C@H](O[Si](c2ccccc2)(c2ccccc2)C(C)(C)C)[C@H]1OC. The molecular weight excluding hydrogens is 793 g/mol. The highest BCUT2D eigenvalue weighted by molar-refractivity contribution is 7.00. The van der Waals surface area contributed by atoms with Crippen molar-refractivity contribution in [2.45, 2.75) is 122 Å².